The molecule has 0 bridgehead atoms. The van der Waals surface area contributed by atoms with Crippen LogP contribution in [0.2, 0.25) is 0 Å². The van der Waals surface area contributed by atoms with Gasteiger partial charge in [-0.2, -0.15) is 0 Å². The minimum atomic E-state index is 0.0581. The Hall–Kier alpha value is -3.34. The first-order chi connectivity index (χ1) is 14.0. The molecule has 1 aromatic carbocycles. The van der Waals surface area contributed by atoms with Crippen molar-refractivity contribution in [3.05, 3.63) is 77.1 Å². The van der Waals surface area contributed by atoms with E-state index >= 15 is 0 Å². The highest BCUT2D eigenvalue weighted by molar-refractivity contribution is 5.83. The Balaban J connectivity index is 1.54. The highest BCUT2D eigenvalue weighted by Crippen LogP contribution is 2.30. The van der Waals surface area contributed by atoms with E-state index in [2.05, 4.69) is 23.8 Å². The van der Waals surface area contributed by atoms with Crippen molar-refractivity contribution in [3.8, 4) is 22.5 Å². The molecule has 0 radical (unpaired) electrons. The molecule has 0 unspecified atom stereocenters. The third-order valence-electron chi connectivity index (χ3n) is 5.67. The van der Waals surface area contributed by atoms with E-state index in [1.807, 2.05) is 59.3 Å². The van der Waals surface area contributed by atoms with Gasteiger partial charge in [-0.1, -0.05) is 26.0 Å². The highest BCUT2D eigenvalue weighted by Gasteiger charge is 2.27. The molecule has 0 atom stereocenters. The van der Waals surface area contributed by atoms with Crippen LogP contribution in [0.4, 0.5) is 0 Å². The molecule has 0 saturated heterocycles. The number of hydrogen-bond donors (Lipinski definition) is 0. The molecule has 144 valence electrons. The molecule has 5 rings (SSSR count). The van der Waals surface area contributed by atoms with Crippen molar-refractivity contribution in [3.63, 3.8) is 0 Å². The van der Waals surface area contributed by atoms with Crippen molar-refractivity contribution >= 4 is 10.9 Å². The summed E-state index contributed by atoms with van der Waals surface area (Å²) in [6, 6.07) is 15.6. The highest BCUT2D eigenvalue weighted by atomic mass is 16.1. The smallest absolute Gasteiger partial charge is 0.261 e. The van der Waals surface area contributed by atoms with Gasteiger partial charge in [0.25, 0.3) is 5.56 Å². The fourth-order valence-corrected chi connectivity index (χ4v) is 3.99. The van der Waals surface area contributed by atoms with E-state index in [9.17, 15) is 4.79 Å². The average molecular weight is 382 g/mol. The lowest BCUT2D eigenvalue weighted by Gasteiger charge is -2.31. The van der Waals surface area contributed by atoms with Crippen LogP contribution in [-0.2, 0) is 13.0 Å². The van der Waals surface area contributed by atoms with Gasteiger partial charge in [0.1, 0.15) is 5.82 Å². The van der Waals surface area contributed by atoms with Gasteiger partial charge in [0.05, 0.1) is 22.3 Å². The molecule has 0 N–H and O–H groups in total. The quantitative estimate of drug-likeness (QED) is 0.512. The molecule has 0 aliphatic carbocycles. The SMILES string of the molecule is CC1(C)CCc2nc3cc(-c4ccc(-c5ccccn5)cn4)ccc3c(=O)n2C1. The number of pyridine rings is 2. The first-order valence-corrected chi connectivity index (χ1v) is 9.92. The maximum Gasteiger partial charge on any atom is 0.261 e. The van der Waals surface area contributed by atoms with Gasteiger partial charge in [0, 0.05) is 36.5 Å². The van der Waals surface area contributed by atoms with E-state index in [1.165, 1.54) is 0 Å². The van der Waals surface area contributed by atoms with Crippen molar-refractivity contribution in [2.75, 3.05) is 0 Å². The van der Waals surface area contributed by atoms with Gasteiger partial charge in [-0.05, 0) is 48.2 Å². The standard InChI is InChI=1S/C24H22N4O/c1-24(2)11-10-22-27-21-13-16(6-8-18(21)23(29)28(22)15-24)20-9-7-17(14-26-20)19-5-3-4-12-25-19/h3-9,12-14H,10-11,15H2,1-2H3. The molecule has 0 amide bonds. The summed E-state index contributed by atoms with van der Waals surface area (Å²) in [6.07, 6.45) is 5.48. The number of rotatable bonds is 2. The lowest BCUT2D eigenvalue weighted by molar-refractivity contribution is 0.240. The Morgan fingerprint density at radius 3 is 2.55 bits per heavy atom. The monoisotopic (exact) mass is 382 g/mol. The van der Waals surface area contributed by atoms with Gasteiger partial charge in [-0.25, -0.2) is 4.98 Å². The maximum atomic E-state index is 13.0. The number of nitrogens with zero attached hydrogens (tertiary/aromatic N) is 4. The Bertz CT molecular complexity index is 1260. The largest absolute Gasteiger partial charge is 0.296 e. The third-order valence-corrected chi connectivity index (χ3v) is 5.67. The van der Waals surface area contributed by atoms with Crippen LogP contribution in [-0.4, -0.2) is 19.5 Å². The molecule has 1 aliphatic rings. The zero-order chi connectivity index (χ0) is 20.0. The van der Waals surface area contributed by atoms with Gasteiger partial charge in [0.15, 0.2) is 0 Å². The van der Waals surface area contributed by atoms with E-state index in [1.54, 1.807) is 6.20 Å². The zero-order valence-electron chi connectivity index (χ0n) is 16.6. The molecule has 4 heterocycles. The van der Waals surface area contributed by atoms with Crippen molar-refractivity contribution in [1.29, 1.82) is 0 Å². The third kappa shape index (κ3) is 3.23. The molecule has 29 heavy (non-hydrogen) atoms. The Morgan fingerprint density at radius 1 is 0.966 bits per heavy atom. The number of benzene rings is 1. The molecule has 0 fully saturated rings. The summed E-state index contributed by atoms with van der Waals surface area (Å²) in [4.78, 5) is 26.8. The van der Waals surface area contributed by atoms with Crippen LogP contribution in [0.3, 0.4) is 0 Å². The van der Waals surface area contributed by atoms with Crippen LogP contribution >= 0.6 is 0 Å². The van der Waals surface area contributed by atoms with Gasteiger partial charge in [0.2, 0.25) is 0 Å². The molecule has 4 aromatic rings. The Morgan fingerprint density at radius 2 is 1.79 bits per heavy atom. The van der Waals surface area contributed by atoms with Gasteiger partial charge in [-0.15, -0.1) is 0 Å². The fraction of sp³-hybridized carbons (Fsp3) is 0.250. The minimum Gasteiger partial charge on any atom is -0.296 e. The molecule has 5 heteroatoms. The normalized spacial score (nSPS) is 15.2. The number of aromatic nitrogens is 4. The second-order valence-corrected chi connectivity index (χ2v) is 8.46. The molecule has 3 aromatic heterocycles. The Kier molecular flexibility index (Phi) is 4.05. The van der Waals surface area contributed by atoms with Crippen molar-refractivity contribution in [1.82, 2.24) is 19.5 Å². The second kappa shape index (κ2) is 6.62. The van der Waals surface area contributed by atoms with Crippen LogP contribution in [0.5, 0.6) is 0 Å². The summed E-state index contributed by atoms with van der Waals surface area (Å²) in [5.41, 5.74) is 4.62. The van der Waals surface area contributed by atoms with E-state index < -0.39 is 0 Å². The summed E-state index contributed by atoms with van der Waals surface area (Å²) in [7, 11) is 0. The van der Waals surface area contributed by atoms with Crippen LogP contribution < -0.4 is 5.56 Å². The number of hydrogen-bond acceptors (Lipinski definition) is 4. The fourth-order valence-electron chi connectivity index (χ4n) is 3.99. The first kappa shape index (κ1) is 17.7. The predicted octanol–water partition coefficient (Wildman–Crippen LogP) is 4.49. The maximum absolute atomic E-state index is 13.0. The zero-order valence-corrected chi connectivity index (χ0v) is 16.6. The summed E-state index contributed by atoms with van der Waals surface area (Å²) in [6.45, 7) is 5.13. The lowest BCUT2D eigenvalue weighted by Crippen LogP contribution is -2.36. The summed E-state index contributed by atoms with van der Waals surface area (Å²) in [5.74, 6) is 0.887. The number of aryl methyl sites for hydroxylation is 1. The molecular weight excluding hydrogens is 360 g/mol. The van der Waals surface area contributed by atoms with Crippen LogP contribution in [0, 0.1) is 5.41 Å². The van der Waals surface area contributed by atoms with Crippen LogP contribution in [0.1, 0.15) is 26.1 Å². The first-order valence-electron chi connectivity index (χ1n) is 9.92. The summed E-state index contributed by atoms with van der Waals surface area (Å²) in [5, 5.41) is 0.667. The van der Waals surface area contributed by atoms with E-state index in [0.29, 0.717) is 5.39 Å². The average Bonchev–Trinajstić information content (AvgIpc) is 2.75. The topological polar surface area (TPSA) is 60.7 Å². The molecule has 0 saturated carbocycles. The van der Waals surface area contributed by atoms with Gasteiger partial charge in [-0.3, -0.25) is 19.3 Å². The van der Waals surface area contributed by atoms with E-state index in [0.717, 1.165) is 53.2 Å². The lowest BCUT2D eigenvalue weighted by atomic mass is 9.85. The van der Waals surface area contributed by atoms with Crippen LogP contribution in [0.25, 0.3) is 33.4 Å². The Labute approximate surface area is 169 Å². The van der Waals surface area contributed by atoms with Crippen LogP contribution in [0.15, 0.2) is 65.7 Å². The molecule has 0 spiro atoms. The van der Waals surface area contributed by atoms with Gasteiger partial charge >= 0.3 is 0 Å². The molecule has 5 nitrogen and oxygen atoms in total. The predicted molar refractivity (Wildman–Crippen MR) is 115 cm³/mol. The van der Waals surface area contributed by atoms with Crippen molar-refractivity contribution < 1.29 is 0 Å². The second-order valence-electron chi connectivity index (χ2n) is 8.46. The minimum absolute atomic E-state index is 0.0581. The molecular formula is C24H22N4O. The summed E-state index contributed by atoms with van der Waals surface area (Å²) >= 11 is 0. The number of fused-ring (bicyclic) bond motifs is 2. The van der Waals surface area contributed by atoms with Gasteiger partial charge < -0.3 is 0 Å². The molecule has 1 aliphatic heterocycles. The van der Waals surface area contributed by atoms with E-state index in [-0.39, 0.29) is 11.0 Å². The van der Waals surface area contributed by atoms with Crippen molar-refractivity contribution in [2.24, 2.45) is 5.41 Å². The van der Waals surface area contributed by atoms with Crippen molar-refractivity contribution in [2.45, 2.75) is 33.2 Å². The summed E-state index contributed by atoms with van der Waals surface area (Å²) < 4.78 is 1.85. The van der Waals surface area contributed by atoms with E-state index in [4.69, 9.17) is 4.98 Å².